The van der Waals surface area contributed by atoms with Crippen LogP contribution < -0.4 is 10.6 Å². The van der Waals surface area contributed by atoms with Crippen LogP contribution in [0.15, 0.2) is 47.1 Å². The van der Waals surface area contributed by atoms with Crippen molar-refractivity contribution >= 4 is 17.5 Å². The van der Waals surface area contributed by atoms with E-state index >= 15 is 0 Å². The molecule has 22 heavy (non-hydrogen) atoms. The number of carbonyl (C=O) groups is 2. The van der Waals surface area contributed by atoms with Crippen molar-refractivity contribution in [3.8, 4) is 0 Å². The largest absolute Gasteiger partial charge is 0.459 e. The molecule has 1 aromatic heterocycles. The molecule has 0 radical (unpaired) electrons. The summed E-state index contributed by atoms with van der Waals surface area (Å²) in [5, 5.41) is 5.35. The lowest BCUT2D eigenvalue weighted by Crippen LogP contribution is -2.33. The fourth-order valence-corrected chi connectivity index (χ4v) is 2.10. The number of carbonyl (C=O) groups excluding carboxylic acids is 2. The Morgan fingerprint density at radius 1 is 1.09 bits per heavy atom. The van der Waals surface area contributed by atoms with Gasteiger partial charge in [-0.2, -0.15) is 0 Å². The van der Waals surface area contributed by atoms with E-state index in [9.17, 15) is 9.59 Å². The molecular weight excluding hydrogens is 280 g/mol. The first kappa shape index (κ1) is 15.8. The summed E-state index contributed by atoms with van der Waals surface area (Å²) in [5.74, 6) is -0.510. The van der Waals surface area contributed by atoms with Gasteiger partial charge in [0, 0.05) is 5.69 Å². The summed E-state index contributed by atoms with van der Waals surface area (Å²) in [7, 11) is 0. The fourth-order valence-electron chi connectivity index (χ4n) is 2.10. The third kappa shape index (κ3) is 3.97. The van der Waals surface area contributed by atoms with Crippen molar-refractivity contribution < 1.29 is 14.0 Å². The molecule has 0 aliphatic carbocycles. The quantitative estimate of drug-likeness (QED) is 0.912. The Labute approximate surface area is 129 Å². The van der Waals surface area contributed by atoms with Crippen LogP contribution in [0, 0.1) is 0 Å². The summed E-state index contributed by atoms with van der Waals surface area (Å²) in [5.41, 5.74) is 1.72. The maximum Gasteiger partial charge on any atom is 0.287 e. The number of benzene rings is 1. The first-order chi connectivity index (χ1) is 10.4. The maximum atomic E-state index is 12.0. The molecule has 0 bridgehead atoms. The Morgan fingerprint density at radius 3 is 2.45 bits per heavy atom. The van der Waals surface area contributed by atoms with Crippen molar-refractivity contribution in [3.05, 3.63) is 54.0 Å². The molecule has 0 unspecified atom stereocenters. The standard InChI is InChI=1S/C17H20N2O3/c1-17(2,3)12-7-4-5-8-13(12)19-15(20)11-18-16(21)14-9-6-10-22-14/h4-10H,11H2,1-3H3,(H,18,21)(H,19,20). The van der Waals surface area contributed by atoms with E-state index in [1.807, 2.05) is 24.3 Å². The van der Waals surface area contributed by atoms with Crippen LogP contribution in [0.1, 0.15) is 36.9 Å². The zero-order valence-corrected chi connectivity index (χ0v) is 13.0. The Bertz CT molecular complexity index is 655. The number of hydrogen-bond donors (Lipinski definition) is 2. The molecule has 5 heteroatoms. The third-order valence-corrected chi connectivity index (χ3v) is 3.16. The van der Waals surface area contributed by atoms with Gasteiger partial charge in [0.05, 0.1) is 12.8 Å². The lowest BCUT2D eigenvalue weighted by Gasteiger charge is -2.23. The molecule has 2 rings (SSSR count). The average molecular weight is 300 g/mol. The van der Waals surface area contributed by atoms with Gasteiger partial charge in [0.25, 0.3) is 5.91 Å². The number of nitrogens with one attached hydrogen (secondary N) is 2. The van der Waals surface area contributed by atoms with Gasteiger partial charge in [-0.1, -0.05) is 39.0 Å². The molecule has 2 aromatic rings. The maximum absolute atomic E-state index is 12.0. The van der Waals surface area contributed by atoms with Gasteiger partial charge in [0.2, 0.25) is 5.91 Å². The second-order valence-electron chi connectivity index (χ2n) is 6.00. The van der Waals surface area contributed by atoms with Gasteiger partial charge < -0.3 is 15.1 Å². The highest BCUT2D eigenvalue weighted by molar-refractivity contribution is 5.98. The Hall–Kier alpha value is -2.56. The van der Waals surface area contributed by atoms with Crippen LogP contribution in [0.25, 0.3) is 0 Å². The van der Waals surface area contributed by atoms with Crippen molar-refractivity contribution in [1.82, 2.24) is 5.32 Å². The molecule has 0 spiro atoms. The Morgan fingerprint density at radius 2 is 1.82 bits per heavy atom. The van der Waals surface area contributed by atoms with Gasteiger partial charge in [-0.25, -0.2) is 0 Å². The van der Waals surface area contributed by atoms with Crippen molar-refractivity contribution in [2.45, 2.75) is 26.2 Å². The SMILES string of the molecule is CC(C)(C)c1ccccc1NC(=O)CNC(=O)c1ccco1. The van der Waals surface area contributed by atoms with E-state index in [4.69, 9.17) is 4.42 Å². The highest BCUT2D eigenvalue weighted by Crippen LogP contribution is 2.29. The molecule has 1 aromatic carbocycles. The summed E-state index contributed by atoms with van der Waals surface area (Å²) >= 11 is 0. The van der Waals surface area contributed by atoms with Gasteiger partial charge in [-0.3, -0.25) is 9.59 Å². The summed E-state index contributed by atoms with van der Waals surface area (Å²) in [6, 6.07) is 10.8. The molecule has 116 valence electrons. The molecule has 0 fully saturated rings. The van der Waals surface area contributed by atoms with E-state index in [1.54, 1.807) is 12.1 Å². The van der Waals surface area contributed by atoms with Crippen molar-refractivity contribution in [3.63, 3.8) is 0 Å². The second-order valence-corrected chi connectivity index (χ2v) is 6.00. The number of amides is 2. The summed E-state index contributed by atoms with van der Waals surface area (Å²) in [6.07, 6.45) is 1.41. The smallest absolute Gasteiger partial charge is 0.287 e. The van der Waals surface area contributed by atoms with Crippen LogP contribution in [-0.4, -0.2) is 18.4 Å². The van der Waals surface area contributed by atoms with E-state index in [0.717, 1.165) is 11.3 Å². The zero-order chi connectivity index (χ0) is 16.2. The molecule has 0 saturated carbocycles. The molecule has 2 N–H and O–H groups in total. The Kier molecular flexibility index (Phi) is 4.65. The first-order valence-electron chi connectivity index (χ1n) is 7.09. The van der Waals surface area contributed by atoms with Crippen LogP contribution in [-0.2, 0) is 10.2 Å². The number of rotatable bonds is 4. The van der Waals surface area contributed by atoms with Gasteiger partial charge in [0.1, 0.15) is 0 Å². The van der Waals surface area contributed by atoms with E-state index in [1.165, 1.54) is 6.26 Å². The van der Waals surface area contributed by atoms with Gasteiger partial charge >= 0.3 is 0 Å². The predicted molar refractivity (Wildman–Crippen MR) is 84.8 cm³/mol. The van der Waals surface area contributed by atoms with E-state index < -0.39 is 5.91 Å². The minimum atomic E-state index is -0.413. The lowest BCUT2D eigenvalue weighted by molar-refractivity contribution is -0.115. The minimum absolute atomic E-state index is 0.0821. The van der Waals surface area contributed by atoms with Gasteiger partial charge in [-0.05, 0) is 29.2 Å². The molecule has 0 aliphatic rings. The van der Waals surface area contributed by atoms with Crippen molar-refractivity contribution in [2.75, 3.05) is 11.9 Å². The molecule has 0 saturated heterocycles. The normalized spacial score (nSPS) is 11.0. The molecule has 0 atom stereocenters. The predicted octanol–water partition coefficient (Wildman–Crippen LogP) is 2.95. The fraction of sp³-hybridized carbons (Fsp3) is 0.294. The molecule has 2 amide bonds. The monoisotopic (exact) mass is 300 g/mol. The van der Waals surface area contributed by atoms with Crippen LogP contribution in [0.5, 0.6) is 0 Å². The highest BCUT2D eigenvalue weighted by atomic mass is 16.3. The zero-order valence-electron chi connectivity index (χ0n) is 13.0. The number of para-hydroxylation sites is 1. The Balaban J connectivity index is 1.97. The molecular formula is C17H20N2O3. The van der Waals surface area contributed by atoms with E-state index in [0.29, 0.717) is 0 Å². The van der Waals surface area contributed by atoms with Crippen LogP contribution in [0.4, 0.5) is 5.69 Å². The van der Waals surface area contributed by atoms with Crippen molar-refractivity contribution in [2.24, 2.45) is 0 Å². The molecule has 5 nitrogen and oxygen atoms in total. The summed E-state index contributed by atoms with van der Waals surface area (Å²) < 4.78 is 4.97. The summed E-state index contributed by atoms with van der Waals surface area (Å²) in [6.45, 7) is 6.13. The highest BCUT2D eigenvalue weighted by Gasteiger charge is 2.18. The van der Waals surface area contributed by atoms with Gasteiger partial charge in [0.15, 0.2) is 5.76 Å². The average Bonchev–Trinajstić information content (AvgIpc) is 2.98. The van der Waals surface area contributed by atoms with Crippen LogP contribution >= 0.6 is 0 Å². The second kappa shape index (κ2) is 6.47. The van der Waals surface area contributed by atoms with Crippen LogP contribution in [0.3, 0.4) is 0 Å². The van der Waals surface area contributed by atoms with Crippen molar-refractivity contribution in [1.29, 1.82) is 0 Å². The van der Waals surface area contributed by atoms with E-state index in [-0.39, 0.29) is 23.6 Å². The number of hydrogen-bond acceptors (Lipinski definition) is 3. The van der Waals surface area contributed by atoms with E-state index in [2.05, 4.69) is 31.4 Å². The topological polar surface area (TPSA) is 71.3 Å². The third-order valence-electron chi connectivity index (χ3n) is 3.16. The number of furan rings is 1. The number of anilines is 1. The molecule has 0 aliphatic heterocycles. The lowest BCUT2D eigenvalue weighted by atomic mass is 9.86. The molecule has 1 heterocycles. The first-order valence-corrected chi connectivity index (χ1v) is 7.09. The summed E-state index contributed by atoms with van der Waals surface area (Å²) in [4.78, 5) is 23.7. The van der Waals surface area contributed by atoms with Crippen LogP contribution in [0.2, 0.25) is 0 Å². The minimum Gasteiger partial charge on any atom is -0.459 e. The van der Waals surface area contributed by atoms with Gasteiger partial charge in [-0.15, -0.1) is 0 Å².